The van der Waals surface area contributed by atoms with Gasteiger partial charge in [0.05, 0.1) is 11.3 Å². The number of rotatable bonds is 5. The van der Waals surface area contributed by atoms with Gasteiger partial charge < -0.3 is 14.7 Å². The summed E-state index contributed by atoms with van der Waals surface area (Å²) < 4.78 is 6.07. The number of ether oxygens (including phenoxy) is 1. The van der Waals surface area contributed by atoms with Crippen LogP contribution in [0.25, 0.3) is 11.1 Å². The number of hydrogen-bond acceptors (Lipinski definition) is 6. The summed E-state index contributed by atoms with van der Waals surface area (Å²) in [7, 11) is 0. The third kappa shape index (κ3) is 5.21. The summed E-state index contributed by atoms with van der Waals surface area (Å²) in [6.45, 7) is 15.7. The van der Waals surface area contributed by atoms with E-state index in [-0.39, 0.29) is 5.41 Å². The average molecular weight is 427 g/mol. The second kappa shape index (κ2) is 8.54. The molecule has 7 heteroatoms. The Bertz CT molecular complexity index is 942. The Morgan fingerprint density at radius 2 is 1.71 bits per heavy atom. The molecule has 2 aromatic heterocycles. The lowest BCUT2D eigenvalue weighted by Gasteiger charge is -2.41. The van der Waals surface area contributed by atoms with E-state index >= 15 is 0 Å². The smallest absolute Gasteiger partial charge is 0.337 e. The fourth-order valence-electron chi connectivity index (χ4n) is 4.18. The molecule has 31 heavy (non-hydrogen) atoms. The van der Waals surface area contributed by atoms with Crippen LogP contribution in [0.2, 0.25) is 0 Å². The molecule has 0 aromatic carbocycles. The first-order valence-electron chi connectivity index (χ1n) is 10.8. The second-order valence-corrected chi connectivity index (χ2v) is 10.1. The van der Waals surface area contributed by atoms with E-state index in [9.17, 15) is 9.90 Å². The number of aromatic nitrogens is 3. The number of pyridine rings is 1. The van der Waals surface area contributed by atoms with E-state index in [4.69, 9.17) is 9.72 Å². The van der Waals surface area contributed by atoms with Crippen LogP contribution in [0.5, 0.6) is 0 Å². The van der Waals surface area contributed by atoms with E-state index in [0.29, 0.717) is 11.3 Å². The van der Waals surface area contributed by atoms with Gasteiger partial charge in [-0.25, -0.2) is 14.8 Å². The average Bonchev–Trinajstić information content (AvgIpc) is 2.66. The largest absolute Gasteiger partial charge is 0.479 e. The molecule has 7 nitrogen and oxygen atoms in total. The highest BCUT2D eigenvalue weighted by Gasteiger charge is 2.36. The Morgan fingerprint density at radius 1 is 1.13 bits per heavy atom. The number of carbonyl (C=O) groups is 1. The monoisotopic (exact) mass is 426 g/mol. The Balaban J connectivity index is 2.28. The normalized spacial score (nSPS) is 17.5. The van der Waals surface area contributed by atoms with Crippen molar-refractivity contribution in [1.82, 2.24) is 15.0 Å². The van der Waals surface area contributed by atoms with Crippen LogP contribution in [0.15, 0.2) is 18.7 Å². The van der Waals surface area contributed by atoms with Crippen LogP contribution in [-0.4, -0.2) is 44.7 Å². The maximum Gasteiger partial charge on any atom is 0.337 e. The molecule has 1 unspecified atom stereocenters. The molecule has 0 amide bonds. The Morgan fingerprint density at radius 3 is 2.23 bits per heavy atom. The molecule has 1 atom stereocenters. The fourth-order valence-corrected chi connectivity index (χ4v) is 4.18. The van der Waals surface area contributed by atoms with Crippen LogP contribution in [0.4, 0.5) is 5.69 Å². The summed E-state index contributed by atoms with van der Waals surface area (Å²) in [5, 5.41) is 10.2. The standard InChI is InChI=1S/C24H34N4O3/c1-15-18(17-12-25-14-26-13-17)20(28-10-8-24(6,7)9-11-28)19(16(2)27-15)21(22(29)30)31-23(3,4)5/h12-14,21H,8-11H2,1-7H3,(H,29,30). The summed E-state index contributed by atoms with van der Waals surface area (Å²) in [5.41, 5.74) is 4.34. The third-order valence-electron chi connectivity index (χ3n) is 5.82. The SMILES string of the molecule is Cc1nc(C)c(C(OC(C)(C)C)C(=O)O)c(N2CCC(C)(C)CC2)c1-c1cncnc1. The molecular weight excluding hydrogens is 392 g/mol. The minimum atomic E-state index is -1.12. The highest BCUT2D eigenvalue weighted by Crippen LogP contribution is 2.44. The lowest BCUT2D eigenvalue weighted by atomic mass is 9.82. The van der Waals surface area contributed by atoms with Crippen molar-refractivity contribution >= 4 is 11.7 Å². The topological polar surface area (TPSA) is 88.4 Å². The van der Waals surface area contributed by atoms with Crippen molar-refractivity contribution in [2.45, 2.75) is 73.0 Å². The molecular formula is C24H34N4O3. The third-order valence-corrected chi connectivity index (χ3v) is 5.82. The molecule has 1 saturated heterocycles. The molecule has 1 aliphatic rings. The first-order valence-corrected chi connectivity index (χ1v) is 10.8. The number of aryl methyl sites for hydroxylation is 2. The van der Waals surface area contributed by atoms with Crippen LogP contribution >= 0.6 is 0 Å². The van der Waals surface area contributed by atoms with E-state index in [1.807, 2.05) is 34.6 Å². The van der Waals surface area contributed by atoms with E-state index in [1.165, 1.54) is 6.33 Å². The Hall–Kier alpha value is -2.54. The Kier molecular flexibility index (Phi) is 6.37. The van der Waals surface area contributed by atoms with Gasteiger partial charge in [-0.15, -0.1) is 0 Å². The molecule has 0 bridgehead atoms. The molecule has 168 valence electrons. The van der Waals surface area contributed by atoms with Crippen LogP contribution in [0.3, 0.4) is 0 Å². The van der Waals surface area contributed by atoms with E-state index < -0.39 is 17.7 Å². The van der Waals surface area contributed by atoms with Crippen molar-refractivity contribution in [3.8, 4) is 11.1 Å². The number of hydrogen-bond donors (Lipinski definition) is 1. The van der Waals surface area contributed by atoms with Crippen molar-refractivity contribution < 1.29 is 14.6 Å². The fraction of sp³-hybridized carbons (Fsp3) is 0.583. The predicted molar refractivity (Wildman–Crippen MR) is 121 cm³/mol. The van der Waals surface area contributed by atoms with Crippen LogP contribution in [0, 0.1) is 19.3 Å². The molecule has 0 saturated carbocycles. The van der Waals surface area contributed by atoms with Crippen LogP contribution in [0.1, 0.15) is 70.5 Å². The van der Waals surface area contributed by atoms with Crippen molar-refractivity contribution in [3.63, 3.8) is 0 Å². The van der Waals surface area contributed by atoms with Gasteiger partial charge in [0.1, 0.15) is 6.33 Å². The summed E-state index contributed by atoms with van der Waals surface area (Å²) >= 11 is 0. The highest BCUT2D eigenvalue weighted by molar-refractivity contribution is 5.87. The summed E-state index contributed by atoms with van der Waals surface area (Å²) in [4.78, 5) is 27.8. The zero-order valence-electron chi connectivity index (χ0n) is 19.7. The van der Waals surface area contributed by atoms with Gasteiger partial charge in [0, 0.05) is 53.6 Å². The Labute approximate surface area is 184 Å². The van der Waals surface area contributed by atoms with Crippen molar-refractivity contribution in [3.05, 3.63) is 35.7 Å². The zero-order valence-corrected chi connectivity index (χ0v) is 19.7. The van der Waals surface area contributed by atoms with Gasteiger partial charge in [0.25, 0.3) is 0 Å². The van der Waals surface area contributed by atoms with Gasteiger partial charge in [0.15, 0.2) is 6.10 Å². The van der Waals surface area contributed by atoms with Gasteiger partial charge in [-0.2, -0.15) is 0 Å². The van der Waals surface area contributed by atoms with Crippen molar-refractivity contribution in [2.75, 3.05) is 18.0 Å². The van der Waals surface area contributed by atoms with Gasteiger partial charge in [-0.1, -0.05) is 13.8 Å². The molecule has 1 N–H and O–H groups in total. The molecule has 2 aromatic rings. The first-order chi connectivity index (χ1) is 14.4. The first kappa shape index (κ1) is 23.1. The minimum Gasteiger partial charge on any atom is -0.479 e. The maximum absolute atomic E-state index is 12.4. The number of aliphatic carboxylic acids is 1. The van der Waals surface area contributed by atoms with Gasteiger partial charge in [0.2, 0.25) is 0 Å². The lowest BCUT2D eigenvalue weighted by Crippen LogP contribution is -2.39. The number of carboxylic acids is 1. The molecule has 3 rings (SSSR count). The summed E-state index contributed by atoms with van der Waals surface area (Å²) in [6.07, 6.45) is 5.93. The highest BCUT2D eigenvalue weighted by atomic mass is 16.5. The number of anilines is 1. The summed E-state index contributed by atoms with van der Waals surface area (Å²) in [5.74, 6) is -1.02. The number of piperidine rings is 1. The number of nitrogens with zero attached hydrogens (tertiary/aromatic N) is 4. The molecule has 1 aliphatic heterocycles. The predicted octanol–water partition coefficient (Wildman–Crippen LogP) is 4.72. The molecule has 3 heterocycles. The summed E-state index contributed by atoms with van der Waals surface area (Å²) in [6, 6.07) is 0. The molecule has 0 aliphatic carbocycles. The lowest BCUT2D eigenvalue weighted by molar-refractivity contribution is -0.160. The van der Waals surface area contributed by atoms with E-state index in [1.54, 1.807) is 12.4 Å². The second-order valence-electron chi connectivity index (χ2n) is 10.1. The zero-order chi connectivity index (χ0) is 23.0. The molecule has 0 spiro atoms. The van der Waals surface area contributed by atoms with E-state index in [0.717, 1.165) is 48.4 Å². The van der Waals surface area contributed by atoms with Gasteiger partial charge in [-0.3, -0.25) is 4.98 Å². The quantitative estimate of drug-likeness (QED) is 0.740. The van der Waals surface area contributed by atoms with Crippen molar-refractivity contribution in [2.24, 2.45) is 5.41 Å². The van der Waals surface area contributed by atoms with Gasteiger partial charge in [-0.05, 0) is 52.9 Å². The van der Waals surface area contributed by atoms with Gasteiger partial charge >= 0.3 is 5.97 Å². The molecule has 1 fully saturated rings. The minimum absolute atomic E-state index is 0.262. The molecule has 0 radical (unpaired) electrons. The number of carboxylic acid groups (broad SMARTS) is 1. The maximum atomic E-state index is 12.4. The van der Waals surface area contributed by atoms with Crippen LogP contribution in [-0.2, 0) is 9.53 Å². The van der Waals surface area contributed by atoms with Crippen molar-refractivity contribution in [1.29, 1.82) is 0 Å². The van der Waals surface area contributed by atoms with E-state index in [2.05, 4.69) is 28.7 Å². The van der Waals surface area contributed by atoms with Crippen LogP contribution < -0.4 is 4.90 Å².